The molecule has 9 heteroatoms. The van der Waals surface area contributed by atoms with Crippen molar-refractivity contribution in [3.8, 4) is 0 Å². The topological polar surface area (TPSA) is 88.9 Å². The molecular formula is C25H27ClN6O2. The van der Waals surface area contributed by atoms with Gasteiger partial charge in [0.1, 0.15) is 0 Å². The average Bonchev–Trinajstić information content (AvgIpc) is 3.49. The molecule has 0 unspecified atom stereocenters. The van der Waals surface area contributed by atoms with E-state index in [1.807, 2.05) is 54.1 Å². The zero-order chi connectivity index (χ0) is 23.5. The van der Waals surface area contributed by atoms with Crippen LogP contribution in [0.3, 0.4) is 0 Å². The lowest BCUT2D eigenvalue weighted by molar-refractivity contribution is 0.0914. The summed E-state index contributed by atoms with van der Waals surface area (Å²) in [6, 6.07) is 15.7. The number of aromatic amines is 1. The Morgan fingerprint density at radius 2 is 2.00 bits per heavy atom. The Balaban J connectivity index is 1.44. The van der Waals surface area contributed by atoms with Crippen LogP contribution in [-0.4, -0.2) is 42.8 Å². The Morgan fingerprint density at radius 3 is 2.82 bits per heavy atom. The summed E-state index contributed by atoms with van der Waals surface area (Å²) in [6.07, 6.45) is 2.20. The fourth-order valence-corrected chi connectivity index (χ4v) is 4.62. The third kappa shape index (κ3) is 5.19. The van der Waals surface area contributed by atoms with Gasteiger partial charge in [-0.1, -0.05) is 41.4 Å². The van der Waals surface area contributed by atoms with Gasteiger partial charge in [0, 0.05) is 35.8 Å². The number of hydrogen-bond acceptors (Lipinski definition) is 6. The molecule has 8 nitrogen and oxygen atoms in total. The summed E-state index contributed by atoms with van der Waals surface area (Å²) in [5.41, 5.74) is 3.54. The molecule has 0 amide bonds. The summed E-state index contributed by atoms with van der Waals surface area (Å²) in [5, 5.41) is 14.1. The number of halogens is 1. The van der Waals surface area contributed by atoms with E-state index in [0.717, 1.165) is 47.3 Å². The molecule has 2 aromatic carbocycles. The van der Waals surface area contributed by atoms with E-state index >= 15 is 0 Å². The summed E-state index contributed by atoms with van der Waals surface area (Å²) >= 11 is 6.47. The molecule has 2 aromatic heterocycles. The second-order valence-corrected chi connectivity index (χ2v) is 9.27. The van der Waals surface area contributed by atoms with Gasteiger partial charge in [-0.15, -0.1) is 5.10 Å². The smallest absolute Gasteiger partial charge is 0.252 e. The SMILES string of the molecule is Cc1ccc2[nH]c(=O)c(CN(Cc3ccccc3Cl)Cc3nnnn3C[C@@H]3CCCO3)cc2c1. The zero-order valence-corrected chi connectivity index (χ0v) is 19.8. The highest BCUT2D eigenvalue weighted by molar-refractivity contribution is 6.31. The number of aromatic nitrogens is 5. The van der Waals surface area contributed by atoms with Gasteiger partial charge in [0.25, 0.3) is 5.56 Å². The minimum Gasteiger partial charge on any atom is -0.376 e. The molecule has 176 valence electrons. The van der Waals surface area contributed by atoms with Crippen LogP contribution in [0.5, 0.6) is 0 Å². The van der Waals surface area contributed by atoms with E-state index in [-0.39, 0.29) is 11.7 Å². The second kappa shape index (κ2) is 10.0. The molecule has 0 saturated carbocycles. The lowest BCUT2D eigenvalue weighted by atomic mass is 10.1. The standard InChI is InChI=1S/C25H27ClN6O2/c1-17-8-9-23-19(11-17)12-20(25(33)27-23)14-31(13-18-5-2-3-7-22(18)26)16-24-28-29-30-32(24)15-21-6-4-10-34-21/h2-3,5,7-9,11-12,21H,4,6,10,13-16H2,1H3,(H,27,33)/t21-/m0/s1. The number of pyridine rings is 1. The van der Waals surface area contributed by atoms with Gasteiger partial charge in [0.2, 0.25) is 0 Å². The lowest BCUT2D eigenvalue weighted by Gasteiger charge is -2.23. The van der Waals surface area contributed by atoms with Crippen molar-refractivity contribution in [2.75, 3.05) is 6.61 Å². The first-order valence-electron chi connectivity index (χ1n) is 11.5. The molecule has 3 heterocycles. The molecule has 1 saturated heterocycles. The maximum absolute atomic E-state index is 12.9. The Morgan fingerprint density at radius 1 is 1.15 bits per heavy atom. The van der Waals surface area contributed by atoms with Crippen molar-refractivity contribution in [2.45, 2.75) is 52.0 Å². The van der Waals surface area contributed by atoms with Crippen molar-refractivity contribution in [3.05, 3.63) is 86.4 Å². The molecule has 0 spiro atoms. The minimum absolute atomic E-state index is 0.0977. The van der Waals surface area contributed by atoms with Crippen LogP contribution in [0.2, 0.25) is 5.02 Å². The van der Waals surface area contributed by atoms with E-state index < -0.39 is 0 Å². The Labute approximate surface area is 202 Å². The molecular weight excluding hydrogens is 452 g/mol. The van der Waals surface area contributed by atoms with Gasteiger partial charge in [-0.2, -0.15) is 0 Å². The molecule has 1 aliphatic heterocycles. The van der Waals surface area contributed by atoms with Crippen molar-refractivity contribution in [2.24, 2.45) is 0 Å². The van der Waals surface area contributed by atoms with Gasteiger partial charge in [0.15, 0.2) is 5.82 Å². The number of hydrogen-bond donors (Lipinski definition) is 1. The molecule has 1 atom stereocenters. The monoisotopic (exact) mass is 478 g/mol. The predicted molar refractivity (Wildman–Crippen MR) is 130 cm³/mol. The van der Waals surface area contributed by atoms with Crippen LogP contribution in [0.1, 0.15) is 35.4 Å². The van der Waals surface area contributed by atoms with Crippen LogP contribution in [0.15, 0.2) is 53.3 Å². The number of benzene rings is 2. The number of ether oxygens (including phenoxy) is 1. The van der Waals surface area contributed by atoms with E-state index in [9.17, 15) is 4.79 Å². The molecule has 1 fully saturated rings. The van der Waals surface area contributed by atoms with E-state index in [2.05, 4.69) is 31.5 Å². The van der Waals surface area contributed by atoms with Crippen LogP contribution in [0.25, 0.3) is 10.9 Å². The van der Waals surface area contributed by atoms with E-state index in [1.165, 1.54) is 0 Å². The van der Waals surface area contributed by atoms with Gasteiger partial charge >= 0.3 is 0 Å². The van der Waals surface area contributed by atoms with Gasteiger partial charge < -0.3 is 9.72 Å². The number of H-pyrrole nitrogens is 1. The van der Waals surface area contributed by atoms with Crippen LogP contribution in [-0.2, 0) is 30.9 Å². The molecule has 0 bridgehead atoms. The van der Waals surface area contributed by atoms with E-state index in [0.29, 0.717) is 36.8 Å². The van der Waals surface area contributed by atoms with E-state index in [4.69, 9.17) is 16.3 Å². The summed E-state index contributed by atoms with van der Waals surface area (Å²) in [7, 11) is 0. The highest BCUT2D eigenvalue weighted by Crippen LogP contribution is 2.21. The largest absolute Gasteiger partial charge is 0.376 e. The first-order chi connectivity index (χ1) is 16.5. The molecule has 0 radical (unpaired) electrons. The zero-order valence-electron chi connectivity index (χ0n) is 19.1. The fraction of sp³-hybridized carbons (Fsp3) is 0.360. The molecule has 5 rings (SSSR count). The summed E-state index contributed by atoms with van der Waals surface area (Å²) in [5.74, 6) is 0.732. The molecule has 0 aliphatic carbocycles. The van der Waals surface area contributed by atoms with Crippen molar-refractivity contribution >= 4 is 22.5 Å². The second-order valence-electron chi connectivity index (χ2n) is 8.86. The first kappa shape index (κ1) is 22.7. The summed E-state index contributed by atoms with van der Waals surface area (Å²) in [6.45, 7) is 4.90. The van der Waals surface area contributed by atoms with Crippen molar-refractivity contribution < 1.29 is 4.74 Å². The van der Waals surface area contributed by atoms with Crippen LogP contribution in [0.4, 0.5) is 0 Å². The first-order valence-corrected chi connectivity index (χ1v) is 11.9. The van der Waals surface area contributed by atoms with Crippen LogP contribution >= 0.6 is 11.6 Å². The van der Waals surface area contributed by atoms with Crippen molar-refractivity contribution in [1.29, 1.82) is 0 Å². The van der Waals surface area contributed by atoms with Gasteiger partial charge in [-0.05, 0) is 65.4 Å². The third-order valence-electron chi connectivity index (χ3n) is 6.19. The molecule has 34 heavy (non-hydrogen) atoms. The maximum Gasteiger partial charge on any atom is 0.252 e. The van der Waals surface area contributed by atoms with Gasteiger partial charge in [0.05, 0.1) is 19.2 Å². The quantitative estimate of drug-likeness (QED) is 0.413. The Bertz CT molecular complexity index is 1340. The van der Waals surface area contributed by atoms with Crippen molar-refractivity contribution in [3.63, 3.8) is 0 Å². The Kier molecular flexibility index (Phi) is 6.71. The predicted octanol–water partition coefficient (Wildman–Crippen LogP) is 3.86. The number of tetrazole rings is 1. The number of rotatable bonds is 8. The number of aryl methyl sites for hydroxylation is 1. The number of fused-ring (bicyclic) bond motifs is 1. The van der Waals surface area contributed by atoms with E-state index in [1.54, 1.807) is 0 Å². The average molecular weight is 479 g/mol. The summed E-state index contributed by atoms with van der Waals surface area (Å²) in [4.78, 5) is 18.1. The van der Waals surface area contributed by atoms with Crippen LogP contribution < -0.4 is 5.56 Å². The number of nitrogens with zero attached hydrogens (tertiary/aromatic N) is 5. The molecule has 1 aliphatic rings. The molecule has 1 N–H and O–H groups in total. The van der Waals surface area contributed by atoms with Crippen molar-refractivity contribution in [1.82, 2.24) is 30.1 Å². The minimum atomic E-state index is -0.0977. The third-order valence-corrected chi connectivity index (χ3v) is 6.56. The Hall–Kier alpha value is -3.07. The lowest BCUT2D eigenvalue weighted by Crippen LogP contribution is -2.29. The highest BCUT2D eigenvalue weighted by atomic mass is 35.5. The van der Waals surface area contributed by atoms with Gasteiger partial charge in [-0.25, -0.2) is 4.68 Å². The fourth-order valence-electron chi connectivity index (χ4n) is 4.42. The van der Waals surface area contributed by atoms with Crippen LogP contribution in [0, 0.1) is 6.92 Å². The normalized spacial score (nSPS) is 16.0. The maximum atomic E-state index is 12.9. The molecule has 4 aromatic rings. The van der Waals surface area contributed by atoms with Gasteiger partial charge in [-0.3, -0.25) is 9.69 Å². The highest BCUT2D eigenvalue weighted by Gasteiger charge is 2.21. The number of nitrogens with one attached hydrogen (secondary N) is 1. The summed E-state index contributed by atoms with van der Waals surface area (Å²) < 4.78 is 7.58.